The maximum atomic E-state index is 14.0. The van der Waals surface area contributed by atoms with Crippen LogP contribution in [0.2, 0.25) is 0 Å². The van der Waals surface area contributed by atoms with Gasteiger partial charge in [-0.25, -0.2) is 19.4 Å². The van der Waals surface area contributed by atoms with Gasteiger partial charge in [0.2, 0.25) is 5.91 Å². The SMILES string of the molecule is COC(=O)C[C@@]1(C(=O)OC)C(C(=O)OC)=C(C(=O)OC)N2C(=O)C[C@@H]([C@H](OCc3ccccc3)[C@@H](COCc3ccccc3)OC(C)=O)N21. The predicted octanol–water partition coefficient (Wildman–Crippen LogP) is 1.63. The molecule has 1 amide bonds. The van der Waals surface area contributed by atoms with E-state index in [-0.39, 0.29) is 19.8 Å². The van der Waals surface area contributed by atoms with Crippen molar-refractivity contribution in [1.29, 1.82) is 0 Å². The highest BCUT2D eigenvalue weighted by Crippen LogP contribution is 2.49. The fourth-order valence-electron chi connectivity index (χ4n) is 6.03. The van der Waals surface area contributed by atoms with Gasteiger partial charge in [0, 0.05) is 13.3 Å². The summed E-state index contributed by atoms with van der Waals surface area (Å²) in [5.41, 5.74) is -2.33. The third-order valence-corrected chi connectivity index (χ3v) is 8.06. The number of rotatable bonds is 15. The van der Waals surface area contributed by atoms with Crippen molar-refractivity contribution in [2.24, 2.45) is 0 Å². The Morgan fingerprint density at radius 2 is 1.41 bits per heavy atom. The number of carbonyl (C=O) groups excluding carboxylic acids is 6. The summed E-state index contributed by atoms with van der Waals surface area (Å²) in [6, 6.07) is 16.9. The van der Waals surface area contributed by atoms with Crippen molar-refractivity contribution in [3.8, 4) is 0 Å². The smallest absolute Gasteiger partial charge is 0.356 e. The third kappa shape index (κ3) is 7.63. The molecule has 2 aliphatic heterocycles. The molecule has 1 fully saturated rings. The van der Waals surface area contributed by atoms with E-state index in [1.54, 1.807) is 24.3 Å². The van der Waals surface area contributed by atoms with Crippen LogP contribution in [0.25, 0.3) is 0 Å². The Morgan fingerprint density at radius 1 is 0.816 bits per heavy atom. The number of esters is 5. The van der Waals surface area contributed by atoms with Crippen LogP contribution in [0.15, 0.2) is 71.9 Å². The average Bonchev–Trinajstić information content (AvgIpc) is 3.61. The highest BCUT2D eigenvalue weighted by molar-refractivity contribution is 6.12. The molecule has 0 spiro atoms. The number of nitrogens with zero attached hydrogens (tertiary/aromatic N) is 2. The van der Waals surface area contributed by atoms with Crippen LogP contribution < -0.4 is 0 Å². The zero-order chi connectivity index (χ0) is 35.7. The second-order valence-corrected chi connectivity index (χ2v) is 11.0. The monoisotopic (exact) mass is 682 g/mol. The molecule has 0 aliphatic carbocycles. The van der Waals surface area contributed by atoms with Gasteiger partial charge in [-0.2, -0.15) is 5.01 Å². The number of hydrazine groups is 1. The Balaban J connectivity index is 1.90. The van der Waals surface area contributed by atoms with Gasteiger partial charge in [0.25, 0.3) is 0 Å². The van der Waals surface area contributed by atoms with E-state index in [9.17, 15) is 28.8 Å². The van der Waals surface area contributed by atoms with E-state index in [0.29, 0.717) is 5.56 Å². The Bertz CT molecular complexity index is 1580. The van der Waals surface area contributed by atoms with Crippen molar-refractivity contribution in [2.75, 3.05) is 35.0 Å². The number of benzene rings is 2. The minimum Gasteiger partial charge on any atom is -0.469 e. The summed E-state index contributed by atoms with van der Waals surface area (Å²) >= 11 is 0. The largest absolute Gasteiger partial charge is 0.469 e. The van der Waals surface area contributed by atoms with Crippen molar-refractivity contribution in [3.63, 3.8) is 0 Å². The van der Waals surface area contributed by atoms with E-state index < -0.39 is 83.7 Å². The molecule has 0 radical (unpaired) electrons. The van der Waals surface area contributed by atoms with Crippen LogP contribution in [0.4, 0.5) is 0 Å². The zero-order valence-electron chi connectivity index (χ0n) is 27.7. The topological polar surface area (TPSA) is 174 Å². The Hall–Kier alpha value is -5.12. The molecule has 4 atom stereocenters. The van der Waals surface area contributed by atoms with Gasteiger partial charge in [0.05, 0.1) is 60.7 Å². The molecule has 1 saturated heterocycles. The summed E-state index contributed by atoms with van der Waals surface area (Å²) < 4.78 is 38.1. The van der Waals surface area contributed by atoms with Crippen LogP contribution in [0, 0.1) is 0 Å². The lowest BCUT2D eigenvalue weighted by atomic mass is 9.83. The number of methoxy groups -OCH3 is 4. The molecule has 262 valence electrons. The summed E-state index contributed by atoms with van der Waals surface area (Å²) in [6.07, 6.45) is -3.85. The predicted molar refractivity (Wildman–Crippen MR) is 166 cm³/mol. The number of hydrogen-bond acceptors (Lipinski definition) is 14. The molecule has 0 aromatic heterocycles. The minimum atomic E-state index is -2.50. The van der Waals surface area contributed by atoms with Crippen molar-refractivity contribution < 1.29 is 61.9 Å². The van der Waals surface area contributed by atoms with Crippen molar-refractivity contribution in [3.05, 3.63) is 83.1 Å². The minimum absolute atomic E-state index is 0.0656. The molecule has 2 aliphatic rings. The Kier molecular flexibility index (Phi) is 12.2. The van der Waals surface area contributed by atoms with E-state index in [1.165, 1.54) is 6.92 Å². The van der Waals surface area contributed by atoms with Gasteiger partial charge < -0.3 is 33.2 Å². The van der Waals surface area contributed by atoms with Crippen LogP contribution in [-0.4, -0.2) is 105 Å². The van der Waals surface area contributed by atoms with Gasteiger partial charge >= 0.3 is 29.8 Å². The summed E-state index contributed by atoms with van der Waals surface area (Å²) in [6.45, 7) is 1.00. The summed E-state index contributed by atoms with van der Waals surface area (Å²) in [5.74, 6) is -6.09. The van der Waals surface area contributed by atoms with Crippen LogP contribution in [0.5, 0.6) is 0 Å². The average molecular weight is 683 g/mol. The van der Waals surface area contributed by atoms with E-state index in [1.807, 2.05) is 36.4 Å². The van der Waals surface area contributed by atoms with Crippen LogP contribution in [-0.2, 0) is 75.1 Å². The van der Waals surface area contributed by atoms with Gasteiger partial charge in [0.1, 0.15) is 11.7 Å². The molecule has 2 aromatic carbocycles. The number of hydrogen-bond donors (Lipinski definition) is 0. The lowest BCUT2D eigenvalue weighted by molar-refractivity contribution is -0.188. The van der Waals surface area contributed by atoms with Crippen LogP contribution in [0.3, 0.4) is 0 Å². The molecule has 0 N–H and O–H groups in total. The van der Waals surface area contributed by atoms with Crippen molar-refractivity contribution in [1.82, 2.24) is 10.0 Å². The molecule has 2 aromatic rings. The summed E-state index contributed by atoms with van der Waals surface area (Å²) in [7, 11) is 4.07. The molecule has 4 rings (SSSR count). The van der Waals surface area contributed by atoms with Crippen LogP contribution >= 0.6 is 0 Å². The molecule has 15 nitrogen and oxygen atoms in total. The van der Waals surface area contributed by atoms with Gasteiger partial charge in [-0.05, 0) is 11.1 Å². The van der Waals surface area contributed by atoms with Gasteiger partial charge in [-0.15, -0.1) is 0 Å². The first-order chi connectivity index (χ1) is 23.5. The first kappa shape index (κ1) is 36.7. The lowest BCUT2D eigenvalue weighted by Crippen LogP contribution is -2.64. The molecule has 2 heterocycles. The molecular formula is C34H38N2O13. The zero-order valence-corrected chi connectivity index (χ0v) is 27.7. The normalized spacial score (nSPS) is 19.9. The quantitative estimate of drug-likeness (QED) is 0.196. The highest BCUT2D eigenvalue weighted by atomic mass is 16.6. The fraction of sp³-hybridized carbons (Fsp3) is 0.412. The number of ether oxygens (including phenoxy) is 7. The second kappa shape index (κ2) is 16.3. The third-order valence-electron chi connectivity index (χ3n) is 8.06. The molecule has 0 unspecified atom stereocenters. The lowest BCUT2D eigenvalue weighted by Gasteiger charge is -2.42. The fourth-order valence-corrected chi connectivity index (χ4v) is 6.03. The summed E-state index contributed by atoms with van der Waals surface area (Å²) in [5, 5.41) is 1.86. The molecule has 0 saturated carbocycles. The van der Waals surface area contributed by atoms with E-state index >= 15 is 0 Å². The Morgan fingerprint density at radius 3 is 1.94 bits per heavy atom. The maximum Gasteiger partial charge on any atom is 0.356 e. The molecular weight excluding hydrogens is 644 g/mol. The maximum absolute atomic E-state index is 14.0. The Labute approximate surface area is 282 Å². The van der Waals surface area contributed by atoms with E-state index in [4.69, 9.17) is 33.2 Å². The first-order valence-corrected chi connectivity index (χ1v) is 15.2. The second-order valence-electron chi connectivity index (χ2n) is 11.0. The molecule has 49 heavy (non-hydrogen) atoms. The first-order valence-electron chi connectivity index (χ1n) is 15.2. The van der Waals surface area contributed by atoms with Crippen molar-refractivity contribution >= 4 is 35.8 Å². The standard InChI is InChI=1S/C34H38N2O13/c1-21(37)49-25(20-47-18-22-12-8-6-9-13-22)30(48-19-23-14-10-7-11-15-23)24-16-26(38)35-29(32(41)45-4)28(31(40)44-3)34(36(24)35,33(42)46-5)17-27(39)43-2/h6-15,24-25,30H,16-20H2,1-5H3/t24-,25+,30-,34-/m0/s1. The van der Waals surface area contributed by atoms with E-state index in [0.717, 1.165) is 44.0 Å². The molecule has 0 bridgehead atoms. The number of amides is 1. The summed E-state index contributed by atoms with van der Waals surface area (Å²) in [4.78, 5) is 80.3. The van der Waals surface area contributed by atoms with E-state index in [2.05, 4.69) is 0 Å². The van der Waals surface area contributed by atoms with Gasteiger partial charge in [-0.1, -0.05) is 60.7 Å². The van der Waals surface area contributed by atoms with Gasteiger partial charge in [-0.3, -0.25) is 14.4 Å². The number of fused-ring (bicyclic) bond motifs is 1. The van der Waals surface area contributed by atoms with Gasteiger partial charge in [0.15, 0.2) is 17.3 Å². The van der Waals surface area contributed by atoms with Crippen molar-refractivity contribution in [2.45, 2.75) is 56.8 Å². The van der Waals surface area contributed by atoms with Crippen LogP contribution in [0.1, 0.15) is 30.9 Å². The highest BCUT2D eigenvalue weighted by Gasteiger charge is 2.69. The number of carbonyl (C=O) groups is 6. The molecule has 15 heteroatoms.